The van der Waals surface area contributed by atoms with Gasteiger partial charge >= 0.3 is 0 Å². The van der Waals surface area contributed by atoms with E-state index in [0.717, 1.165) is 11.9 Å². The largest absolute Gasteiger partial charge is 0.399 e. The van der Waals surface area contributed by atoms with Crippen molar-refractivity contribution < 1.29 is 4.74 Å². The van der Waals surface area contributed by atoms with Crippen LogP contribution in [0.3, 0.4) is 0 Å². The molecule has 60 valence electrons. The van der Waals surface area contributed by atoms with Gasteiger partial charge in [-0.15, -0.1) is 0 Å². The second-order valence-electron chi connectivity index (χ2n) is 2.49. The molecule has 0 atom stereocenters. The summed E-state index contributed by atoms with van der Waals surface area (Å²) in [5.41, 5.74) is 6.46. The van der Waals surface area contributed by atoms with Crippen LogP contribution in [-0.2, 0) is 4.74 Å². The Kier molecular flexibility index (Phi) is 3.13. The van der Waals surface area contributed by atoms with E-state index in [1.165, 1.54) is 5.19 Å². The summed E-state index contributed by atoms with van der Waals surface area (Å²) in [4.78, 5) is 0. The van der Waals surface area contributed by atoms with Crippen molar-refractivity contribution in [2.75, 3.05) is 19.1 Å². The van der Waals surface area contributed by atoms with Crippen LogP contribution in [-0.4, -0.2) is 22.9 Å². The van der Waals surface area contributed by atoms with Gasteiger partial charge in [0, 0.05) is 19.0 Å². The molecule has 1 rings (SSSR count). The van der Waals surface area contributed by atoms with Crippen LogP contribution < -0.4 is 10.9 Å². The molecule has 2 nitrogen and oxygen atoms in total. The van der Waals surface area contributed by atoms with Crippen LogP contribution in [0.1, 0.15) is 0 Å². The first-order valence-corrected chi connectivity index (χ1v) is 5.37. The molecule has 0 aliphatic heterocycles. The average Bonchev–Trinajstić information content (AvgIpc) is 2.01. The zero-order valence-electron chi connectivity index (χ0n) is 6.71. The number of hydrogen-bond donors (Lipinski definition) is 1. The van der Waals surface area contributed by atoms with Gasteiger partial charge in [0.2, 0.25) is 0 Å². The quantitative estimate of drug-likeness (QED) is 0.494. The van der Waals surface area contributed by atoms with Crippen LogP contribution in [0.15, 0.2) is 24.3 Å². The van der Waals surface area contributed by atoms with Gasteiger partial charge in [-0.1, -0.05) is 17.3 Å². The molecular weight excluding hydrogens is 154 g/mol. The Balaban J connectivity index is 2.56. The number of nitrogen functional groups attached to an aromatic ring is 1. The van der Waals surface area contributed by atoms with E-state index in [1.54, 1.807) is 7.11 Å². The first-order valence-electron chi connectivity index (χ1n) is 3.66. The number of hydrogen-bond acceptors (Lipinski definition) is 2. The van der Waals surface area contributed by atoms with Crippen molar-refractivity contribution in [3.8, 4) is 0 Å². The van der Waals surface area contributed by atoms with Crippen LogP contribution in [0.5, 0.6) is 0 Å². The summed E-state index contributed by atoms with van der Waals surface area (Å²) in [5.74, 6) is 0. The van der Waals surface area contributed by atoms with Gasteiger partial charge in [-0.2, -0.15) is 0 Å². The van der Waals surface area contributed by atoms with Crippen molar-refractivity contribution in [3.05, 3.63) is 24.3 Å². The van der Waals surface area contributed by atoms with Gasteiger partial charge < -0.3 is 10.5 Å². The lowest BCUT2D eigenvalue weighted by molar-refractivity contribution is 0.252. The highest BCUT2D eigenvalue weighted by Crippen LogP contribution is 1.95. The van der Waals surface area contributed by atoms with Crippen molar-refractivity contribution in [2.24, 2.45) is 0 Å². The number of anilines is 1. The lowest BCUT2D eigenvalue weighted by atomic mass is 10.3. The van der Waals surface area contributed by atoms with E-state index in [1.807, 2.05) is 18.2 Å². The minimum atomic E-state index is -0.235. The molecule has 0 unspecified atom stereocenters. The fraction of sp³-hybridized carbons (Fsp3) is 0.250. The van der Waals surface area contributed by atoms with Gasteiger partial charge in [-0.25, -0.2) is 0 Å². The summed E-state index contributed by atoms with van der Waals surface area (Å²) in [6, 6.07) is 8.05. The highest BCUT2D eigenvalue weighted by Gasteiger charge is 1.92. The Morgan fingerprint density at radius 1 is 1.55 bits per heavy atom. The first-order chi connectivity index (χ1) is 5.33. The third kappa shape index (κ3) is 2.74. The summed E-state index contributed by atoms with van der Waals surface area (Å²) in [5, 5.41) is 1.37. The number of ether oxygens (including phenoxy) is 1. The first kappa shape index (κ1) is 8.29. The molecule has 0 saturated carbocycles. The summed E-state index contributed by atoms with van der Waals surface area (Å²) in [6.07, 6.45) is 0.892. The van der Waals surface area contributed by atoms with Crippen molar-refractivity contribution in [1.82, 2.24) is 0 Å². The maximum Gasteiger partial charge on any atom is 0.0849 e. The zero-order valence-corrected chi connectivity index (χ0v) is 8.12. The lowest BCUT2D eigenvalue weighted by Gasteiger charge is -1.99. The molecule has 0 radical (unpaired) electrons. The minimum absolute atomic E-state index is 0.235. The Hall–Kier alpha value is -0.803. The van der Waals surface area contributed by atoms with Crippen LogP contribution in [0.2, 0.25) is 0 Å². The van der Waals surface area contributed by atoms with Gasteiger partial charge in [-0.05, 0) is 12.1 Å². The van der Waals surface area contributed by atoms with Crippen LogP contribution >= 0.6 is 0 Å². The predicted molar refractivity (Wildman–Crippen MR) is 50.9 cm³/mol. The smallest absolute Gasteiger partial charge is 0.0849 e. The number of rotatable bonds is 3. The average molecular weight is 167 g/mol. The van der Waals surface area contributed by atoms with E-state index in [-0.39, 0.29) is 9.52 Å². The topological polar surface area (TPSA) is 35.2 Å². The number of methoxy groups -OCH3 is 1. The standard InChI is InChI=1S/C8H13NOSi/c1-10-6-11-8-4-2-3-7(9)5-8/h2-5H,6,9,11H2,1H3. The number of nitrogens with two attached hydrogens (primary N) is 1. The highest BCUT2D eigenvalue weighted by molar-refractivity contribution is 6.53. The zero-order chi connectivity index (χ0) is 8.10. The molecule has 0 amide bonds. The molecule has 0 aromatic heterocycles. The Morgan fingerprint density at radius 2 is 2.36 bits per heavy atom. The third-order valence-electron chi connectivity index (χ3n) is 1.55. The highest BCUT2D eigenvalue weighted by atomic mass is 28.2. The molecule has 0 saturated heterocycles. The number of benzene rings is 1. The monoisotopic (exact) mass is 167 g/mol. The van der Waals surface area contributed by atoms with Gasteiger partial charge in [0.15, 0.2) is 0 Å². The van der Waals surface area contributed by atoms with Crippen molar-refractivity contribution in [3.63, 3.8) is 0 Å². The molecule has 0 heterocycles. The van der Waals surface area contributed by atoms with Crippen molar-refractivity contribution >= 4 is 20.4 Å². The Bertz CT molecular complexity index is 227. The molecule has 0 aliphatic rings. The fourth-order valence-corrected chi connectivity index (χ4v) is 2.09. The minimum Gasteiger partial charge on any atom is -0.399 e. The van der Waals surface area contributed by atoms with Crippen molar-refractivity contribution in [1.29, 1.82) is 0 Å². The SMILES string of the molecule is COC[SiH2]c1cccc(N)c1. The molecular formula is C8H13NOSi. The predicted octanol–water partition coefficient (Wildman–Crippen LogP) is -0.333. The molecule has 1 aromatic rings. The molecule has 0 spiro atoms. The van der Waals surface area contributed by atoms with E-state index in [0.29, 0.717) is 0 Å². The lowest BCUT2D eigenvalue weighted by Crippen LogP contribution is -2.18. The van der Waals surface area contributed by atoms with E-state index in [2.05, 4.69) is 6.07 Å². The summed E-state index contributed by atoms with van der Waals surface area (Å²) in [7, 11) is 1.50. The second-order valence-corrected chi connectivity index (χ2v) is 4.21. The molecule has 3 heteroatoms. The Labute approximate surface area is 69.2 Å². The van der Waals surface area contributed by atoms with Gasteiger partial charge in [0.25, 0.3) is 0 Å². The van der Waals surface area contributed by atoms with Gasteiger partial charge in [-0.3, -0.25) is 0 Å². The molecule has 1 aromatic carbocycles. The molecule has 0 fully saturated rings. The van der Waals surface area contributed by atoms with Crippen LogP contribution in [0.4, 0.5) is 5.69 Å². The van der Waals surface area contributed by atoms with Gasteiger partial charge in [0.05, 0.1) is 9.52 Å². The normalized spacial score (nSPS) is 11.0. The van der Waals surface area contributed by atoms with E-state index < -0.39 is 0 Å². The summed E-state index contributed by atoms with van der Waals surface area (Å²) < 4.78 is 5.01. The summed E-state index contributed by atoms with van der Waals surface area (Å²) >= 11 is 0. The van der Waals surface area contributed by atoms with E-state index >= 15 is 0 Å². The molecule has 0 aliphatic carbocycles. The Morgan fingerprint density at radius 3 is 3.00 bits per heavy atom. The molecule has 0 bridgehead atoms. The van der Waals surface area contributed by atoms with Gasteiger partial charge in [0.1, 0.15) is 0 Å². The maximum atomic E-state index is 5.61. The molecule has 11 heavy (non-hydrogen) atoms. The second kappa shape index (κ2) is 4.15. The molecule has 2 N–H and O–H groups in total. The fourth-order valence-electron chi connectivity index (χ4n) is 0.969. The van der Waals surface area contributed by atoms with Crippen LogP contribution in [0.25, 0.3) is 0 Å². The van der Waals surface area contributed by atoms with E-state index in [9.17, 15) is 0 Å². The van der Waals surface area contributed by atoms with Crippen LogP contribution in [0, 0.1) is 0 Å². The van der Waals surface area contributed by atoms with Crippen molar-refractivity contribution in [2.45, 2.75) is 0 Å². The summed E-state index contributed by atoms with van der Waals surface area (Å²) in [6.45, 7) is 0. The maximum absolute atomic E-state index is 5.61. The third-order valence-corrected chi connectivity index (χ3v) is 3.18. The van der Waals surface area contributed by atoms with E-state index in [4.69, 9.17) is 10.5 Å².